The molecule has 4 aromatic carbocycles. The minimum absolute atomic E-state index is 0.0224. The van der Waals surface area contributed by atoms with Crippen molar-refractivity contribution < 1.29 is 95.5 Å². The van der Waals surface area contributed by atoms with Crippen molar-refractivity contribution in [2.45, 2.75) is 171 Å². The summed E-state index contributed by atoms with van der Waals surface area (Å²) in [7, 11) is 6.55. The second-order valence-corrected chi connectivity index (χ2v) is 32.4. The van der Waals surface area contributed by atoms with E-state index in [-0.39, 0.29) is 186 Å². The summed E-state index contributed by atoms with van der Waals surface area (Å²) in [5.41, 5.74) is 6.07. The predicted molar refractivity (Wildman–Crippen MR) is 457 cm³/mol. The Morgan fingerprint density at radius 1 is 0.528 bits per heavy atom. The molecule has 668 valence electrons. The topological polar surface area (TPSA) is 440 Å². The molecule has 0 radical (unpaired) electrons. The summed E-state index contributed by atoms with van der Waals surface area (Å²) < 4.78 is 50.2. The zero-order valence-electron chi connectivity index (χ0n) is 72.2. The number of aryl methyl sites for hydroxylation is 2. The molecule has 4 heterocycles. The van der Waals surface area contributed by atoms with Gasteiger partial charge in [-0.05, 0) is 138 Å². The molecular formula is C87H116F2N14O20. The molecule has 2 aliphatic heterocycles. The number of pyridine rings is 2. The van der Waals surface area contributed by atoms with Crippen LogP contribution in [0.5, 0.6) is 0 Å². The fourth-order valence-electron chi connectivity index (χ4n) is 13.9. The molecule has 0 aliphatic carbocycles. The highest BCUT2D eigenvalue weighted by atomic mass is 19.1. The number of aromatic carboxylic acids is 2. The number of hydrogen-bond acceptors (Lipinski definition) is 21. The van der Waals surface area contributed by atoms with Gasteiger partial charge in [0.25, 0.3) is 0 Å². The number of nitrogens with two attached hydrogens (primary N) is 1. The van der Waals surface area contributed by atoms with Gasteiger partial charge in [0.05, 0.1) is 34.5 Å². The first-order chi connectivity index (χ1) is 58.1. The summed E-state index contributed by atoms with van der Waals surface area (Å²) in [6, 6.07) is 16.7. The minimum Gasteiger partial charge on any atom is -0.477 e. The van der Waals surface area contributed by atoms with Crippen LogP contribution in [0.15, 0.2) is 94.8 Å². The number of carbonyl (C=O) groups excluding carboxylic acids is 11. The van der Waals surface area contributed by atoms with E-state index in [2.05, 4.69) is 26.6 Å². The van der Waals surface area contributed by atoms with Crippen molar-refractivity contribution in [3.8, 4) is 0 Å². The van der Waals surface area contributed by atoms with Crippen LogP contribution in [0, 0.1) is 35.3 Å². The van der Waals surface area contributed by atoms with Crippen LogP contribution < -0.4 is 53.0 Å². The number of Topliss-reactive ketones (excluding diaryl/α,β-unsaturated/α-hetero) is 2. The first kappa shape index (κ1) is 97.7. The van der Waals surface area contributed by atoms with Crippen molar-refractivity contribution in [1.82, 2.24) is 44.7 Å². The molecule has 9 amide bonds. The van der Waals surface area contributed by atoms with E-state index in [0.717, 1.165) is 12.1 Å². The van der Waals surface area contributed by atoms with Gasteiger partial charge in [-0.2, -0.15) is 0 Å². The van der Waals surface area contributed by atoms with E-state index < -0.39 is 105 Å². The molecule has 9 N–H and O–H groups in total. The van der Waals surface area contributed by atoms with Crippen molar-refractivity contribution in [2.24, 2.45) is 29.4 Å². The fourth-order valence-corrected chi connectivity index (χ4v) is 13.9. The Balaban J connectivity index is 0.000000340. The van der Waals surface area contributed by atoms with E-state index in [0.29, 0.717) is 72.6 Å². The maximum atomic E-state index is 15.4. The van der Waals surface area contributed by atoms with Gasteiger partial charge in [0.1, 0.15) is 41.6 Å². The van der Waals surface area contributed by atoms with Crippen molar-refractivity contribution in [3.05, 3.63) is 140 Å². The number of carbonyl (C=O) groups is 13. The Morgan fingerprint density at radius 3 is 1.22 bits per heavy atom. The third kappa shape index (κ3) is 28.4. The number of carboxylic acids is 2. The molecule has 6 aromatic rings. The number of benzene rings is 4. The molecule has 123 heavy (non-hydrogen) atoms. The number of rotatable bonds is 37. The molecule has 2 aromatic heterocycles. The second-order valence-electron chi connectivity index (χ2n) is 32.4. The van der Waals surface area contributed by atoms with Gasteiger partial charge in [0, 0.05) is 185 Å². The molecule has 2 fully saturated rings. The number of fused-ring (bicyclic) bond motifs is 2. The van der Waals surface area contributed by atoms with Crippen LogP contribution >= 0.6 is 0 Å². The molecule has 36 heteroatoms. The minimum atomic E-state index is -1.39. The molecule has 0 saturated carbocycles. The van der Waals surface area contributed by atoms with Crippen molar-refractivity contribution >= 4 is 122 Å². The van der Waals surface area contributed by atoms with Gasteiger partial charge in [-0.15, -0.1) is 0 Å². The molecule has 4 atom stereocenters. The lowest BCUT2D eigenvalue weighted by Crippen LogP contribution is -2.49. The van der Waals surface area contributed by atoms with Crippen molar-refractivity contribution in [1.29, 1.82) is 0 Å². The number of hydrogen-bond donors (Lipinski definition) is 8. The summed E-state index contributed by atoms with van der Waals surface area (Å²) in [4.78, 5) is 200. The lowest BCUT2D eigenvalue weighted by Gasteiger charge is -2.35. The number of amides is 9. The Morgan fingerprint density at radius 2 is 0.894 bits per heavy atom. The van der Waals surface area contributed by atoms with Gasteiger partial charge in [-0.3, -0.25) is 47.9 Å². The molecule has 0 spiro atoms. The van der Waals surface area contributed by atoms with E-state index in [1.165, 1.54) is 44.1 Å². The molecule has 8 rings (SSSR count). The summed E-state index contributed by atoms with van der Waals surface area (Å²) >= 11 is 0. The van der Waals surface area contributed by atoms with E-state index in [9.17, 15) is 82.1 Å². The summed E-state index contributed by atoms with van der Waals surface area (Å²) in [5, 5.41) is 32.6. The monoisotopic (exact) mass is 1710 g/mol. The lowest BCUT2D eigenvalue weighted by atomic mass is 9.90. The lowest BCUT2D eigenvalue weighted by molar-refractivity contribution is -0.132. The number of aromatic nitrogens is 2. The third-order valence-corrected chi connectivity index (χ3v) is 20.9. The number of ketones is 2. The average molecular weight is 1720 g/mol. The van der Waals surface area contributed by atoms with Crippen LogP contribution in [0.2, 0.25) is 0 Å². The molecule has 0 unspecified atom stereocenters. The molecule has 2 saturated heterocycles. The van der Waals surface area contributed by atoms with E-state index >= 15 is 8.78 Å². The Hall–Kier alpha value is -12.4. The number of alkyl carbamates (subject to hydrolysis) is 1. The van der Waals surface area contributed by atoms with Gasteiger partial charge in [-0.1, -0.05) is 52.0 Å². The van der Waals surface area contributed by atoms with Gasteiger partial charge in [0.2, 0.25) is 46.3 Å². The van der Waals surface area contributed by atoms with Crippen LogP contribution in [0.25, 0.3) is 21.8 Å². The maximum absolute atomic E-state index is 15.4. The largest absolute Gasteiger partial charge is 0.477 e. The maximum Gasteiger partial charge on any atom is 0.410 e. The molecule has 0 bridgehead atoms. The van der Waals surface area contributed by atoms with Crippen LogP contribution in [0.3, 0.4) is 0 Å². The van der Waals surface area contributed by atoms with E-state index in [4.69, 9.17) is 19.9 Å². The highest BCUT2D eigenvalue weighted by molar-refractivity contribution is 6.00. The van der Waals surface area contributed by atoms with Gasteiger partial charge in [-0.25, -0.2) is 32.8 Å². The first-order valence-corrected chi connectivity index (χ1v) is 41.2. The van der Waals surface area contributed by atoms with Gasteiger partial charge >= 0.3 is 30.2 Å². The van der Waals surface area contributed by atoms with Crippen LogP contribution in [0.1, 0.15) is 158 Å². The average Bonchev–Trinajstić information content (AvgIpc) is 0.766. The second kappa shape index (κ2) is 45.5. The SMILES string of the molecule is CCn1cc(C(=O)O)c(=O)c2cc(F)c(N3CCN(C(=O)OCc4ccc(NC(=O)[C@H](CCN)CC(=O)[C@@H](NC(=O)CCCC(=O)N(C)C)C(C)C)cc4)CC3)cc21.CCn1cc(C(=O)O)c(=O)c2cc(F)c(N3CCN(C(=O)OCc4ccc(NC(=O)[C@H](CCNC(=O)OC(C)(C)C)CC(=O)[C@@H](NC(=O)CCCC(=O)N(C)C)C(C)C)cc4)CC3)cc21. The summed E-state index contributed by atoms with van der Waals surface area (Å²) in [6.45, 7) is 18.7. The predicted octanol–water partition coefficient (Wildman–Crippen LogP) is 8.73. The first-order valence-electron chi connectivity index (χ1n) is 41.2. The quantitative estimate of drug-likeness (QED) is 0.0169. The van der Waals surface area contributed by atoms with Crippen LogP contribution in [0.4, 0.5) is 45.9 Å². The van der Waals surface area contributed by atoms with Gasteiger partial charge in [0.15, 0.2) is 11.6 Å². The Labute approximate surface area is 712 Å². The standard InChI is InChI=1S/C46H62FN7O11.C41H54FN7O9/c1-9-52-26-33(43(60)61)41(58)32-24-34(47)36(25-35(32)52)53-19-21-54(22-20-53)45(63)64-27-29-13-15-31(16-14-29)49-42(59)30(17-18-48-44(62)65-46(4,5)6)23-37(55)40(28(2)3)50-38(56)11-10-12-39(57)51(7)8;1-6-47-23-30(40(55)56)38(53)29-21-31(42)33(22-32(29)47)48-16-18-49(19-17-48)41(57)58-24-26-10-12-28(13-11-26)44-39(54)27(14-15-43)20-34(50)37(25(2)3)45-35(51)8-7-9-36(52)46(4)5/h13-16,24-26,28,30,40H,9-12,17-23,27H2,1-8H3,(H,48,62)(H,49,59)(H,50,56)(H,60,61);10-13,21-23,25,27,37H,6-9,14-20,24,43H2,1-5H3,(H,44,54)(H,45,51)(H,55,56)/t30-,40+;27-,37+/m11/s1. The third-order valence-electron chi connectivity index (χ3n) is 20.9. The summed E-state index contributed by atoms with van der Waals surface area (Å²) in [5.74, 6) is -8.77. The zero-order chi connectivity index (χ0) is 90.9. The number of nitrogens with one attached hydrogen (secondary N) is 5. The highest BCUT2D eigenvalue weighted by Gasteiger charge is 2.34. The van der Waals surface area contributed by atoms with Crippen LogP contribution in [-0.4, -0.2) is 227 Å². The normalized spacial score (nSPS) is 13.8. The van der Waals surface area contributed by atoms with Crippen LogP contribution in [-0.2, 0) is 78.9 Å². The molecule has 34 nitrogen and oxygen atoms in total. The number of nitrogens with zero attached hydrogens (tertiary/aromatic N) is 8. The fraction of sp³-hybridized carbons (Fsp3) is 0.506. The Bertz CT molecular complexity index is 4930. The summed E-state index contributed by atoms with van der Waals surface area (Å²) in [6.07, 6.45) is 1.88. The number of anilines is 4. The number of halogens is 2. The number of carboxylic acid groups (broad SMARTS) is 2. The molecular weight excluding hydrogens is 1600 g/mol. The Kier molecular flexibility index (Phi) is 36.2. The van der Waals surface area contributed by atoms with Crippen molar-refractivity contribution in [2.75, 3.05) is 114 Å². The number of piperazine rings is 2. The van der Waals surface area contributed by atoms with Gasteiger partial charge < -0.3 is 95.3 Å². The number of ether oxygens (including phenoxy) is 3. The van der Waals surface area contributed by atoms with E-state index in [1.54, 1.807) is 158 Å². The smallest absolute Gasteiger partial charge is 0.410 e. The van der Waals surface area contributed by atoms with E-state index in [1.807, 2.05) is 0 Å². The van der Waals surface area contributed by atoms with Crippen molar-refractivity contribution in [3.63, 3.8) is 0 Å². The highest BCUT2D eigenvalue weighted by Crippen LogP contribution is 2.30. The zero-order valence-corrected chi connectivity index (χ0v) is 72.2. The molecule has 2 aliphatic rings.